The molecule has 4 heteroatoms. The Hall–Kier alpha value is -1.55. The number of benzene rings is 1. The van der Waals surface area contributed by atoms with Gasteiger partial charge in [0.2, 0.25) is 0 Å². The molecule has 1 aliphatic rings. The van der Waals surface area contributed by atoms with E-state index in [9.17, 15) is 0 Å². The fraction of sp³-hybridized carbons (Fsp3) is 0.417. The number of ether oxygens (including phenoxy) is 1. The van der Waals surface area contributed by atoms with Crippen LogP contribution >= 0.6 is 0 Å². The Balaban J connectivity index is 2.01. The van der Waals surface area contributed by atoms with E-state index in [1.54, 1.807) is 0 Å². The van der Waals surface area contributed by atoms with Gasteiger partial charge in [-0.2, -0.15) is 5.10 Å². The molecule has 1 aliphatic heterocycles. The molecule has 2 aromatic rings. The number of aromatic nitrogens is 2. The molecule has 0 aliphatic carbocycles. The summed E-state index contributed by atoms with van der Waals surface area (Å²) in [6.07, 6.45) is 5.46. The van der Waals surface area contributed by atoms with Crippen LogP contribution in [-0.4, -0.2) is 16.4 Å². The van der Waals surface area contributed by atoms with Crippen LogP contribution in [0.5, 0.6) is 0 Å². The molecule has 0 bridgehead atoms. The van der Waals surface area contributed by atoms with Crippen LogP contribution in [0.3, 0.4) is 0 Å². The van der Waals surface area contributed by atoms with E-state index in [0.29, 0.717) is 0 Å². The monoisotopic (exact) mass is 217 g/mol. The highest BCUT2D eigenvalue weighted by Crippen LogP contribution is 2.26. The molecular weight excluding hydrogens is 202 g/mol. The number of nitrogens with zero attached hydrogens (tertiary/aromatic N) is 2. The highest BCUT2D eigenvalue weighted by Gasteiger charge is 2.17. The smallest absolute Gasteiger partial charge is 0.150 e. The Labute approximate surface area is 94.0 Å². The number of nitrogen functional groups attached to an aromatic ring is 1. The lowest BCUT2D eigenvalue weighted by Gasteiger charge is -2.22. The Morgan fingerprint density at radius 1 is 1.38 bits per heavy atom. The molecule has 1 aromatic heterocycles. The van der Waals surface area contributed by atoms with E-state index >= 15 is 0 Å². The van der Waals surface area contributed by atoms with Gasteiger partial charge in [-0.25, -0.2) is 4.68 Å². The lowest BCUT2D eigenvalue weighted by Crippen LogP contribution is -2.18. The highest BCUT2D eigenvalue weighted by atomic mass is 16.5. The van der Waals surface area contributed by atoms with E-state index < -0.39 is 0 Å². The lowest BCUT2D eigenvalue weighted by atomic mass is 10.2. The zero-order valence-electron chi connectivity index (χ0n) is 9.10. The van der Waals surface area contributed by atoms with Gasteiger partial charge in [-0.1, -0.05) is 6.07 Å². The van der Waals surface area contributed by atoms with Crippen molar-refractivity contribution in [2.75, 3.05) is 12.3 Å². The largest absolute Gasteiger partial charge is 0.398 e. The summed E-state index contributed by atoms with van der Waals surface area (Å²) < 4.78 is 7.60. The number of anilines is 1. The third kappa shape index (κ3) is 1.55. The molecule has 1 unspecified atom stereocenters. The molecular formula is C12H15N3O. The topological polar surface area (TPSA) is 53.1 Å². The maximum atomic E-state index is 5.90. The van der Waals surface area contributed by atoms with Gasteiger partial charge >= 0.3 is 0 Å². The molecule has 3 rings (SSSR count). The molecule has 0 saturated carbocycles. The van der Waals surface area contributed by atoms with Crippen LogP contribution < -0.4 is 5.73 Å². The van der Waals surface area contributed by atoms with Crippen molar-refractivity contribution < 1.29 is 4.74 Å². The maximum Gasteiger partial charge on any atom is 0.150 e. The van der Waals surface area contributed by atoms with Crippen LogP contribution in [0.2, 0.25) is 0 Å². The first-order valence-corrected chi connectivity index (χ1v) is 5.69. The minimum absolute atomic E-state index is 0.0838. The summed E-state index contributed by atoms with van der Waals surface area (Å²) in [7, 11) is 0. The number of hydrogen-bond donors (Lipinski definition) is 1. The Bertz CT molecular complexity index is 500. The third-order valence-corrected chi connectivity index (χ3v) is 3.05. The van der Waals surface area contributed by atoms with Crippen LogP contribution in [0.25, 0.3) is 10.9 Å². The van der Waals surface area contributed by atoms with Crippen molar-refractivity contribution in [1.29, 1.82) is 0 Å². The molecule has 84 valence electrons. The zero-order chi connectivity index (χ0) is 11.0. The second-order valence-electron chi connectivity index (χ2n) is 4.21. The van der Waals surface area contributed by atoms with Crippen molar-refractivity contribution in [1.82, 2.24) is 9.78 Å². The lowest BCUT2D eigenvalue weighted by molar-refractivity contribution is -0.0390. The van der Waals surface area contributed by atoms with Gasteiger partial charge in [0.25, 0.3) is 0 Å². The highest BCUT2D eigenvalue weighted by molar-refractivity contribution is 5.89. The van der Waals surface area contributed by atoms with Crippen molar-refractivity contribution in [3.63, 3.8) is 0 Å². The van der Waals surface area contributed by atoms with Crippen LogP contribution in [0, 0.1) is 0 Å². The molecule has 1 atom stereocenters. The second kappa shape index (κ2) is 3.79. The van der Waals surface area contributed by atoms with E-state index in [2.05, 4.69) is 5.10 Å². The van der Waals surface area contributed by atoms with Gasteiger partial charge in [0, 0.05) is 23.9 Å². The molecule has 1 fully saturated rings. The molecule has 0 amide bonds. The molecule has 1 aromatic carbocycles. The first kappa shape index (κ1) is 9.66. The fourth-order valence-corrected chi connectivity index (χ4v) is 2.16. The maximum absolute atomic E-state index is 5.90. The normalized spacial score (nSPS) is 21.4. The van der Waals surface area contributed by atoms with Crippen molar-refractivity contribution in [2.24, 2.45) is 0 Å². The predicted molar refractivity (Wildman–Crippen MR) is 63.0 cm³/mol. The molecule has 0 spiro atoms. The van der Waals surface area contributed by atoms with Gasteiger partial charge in [0.05, 0.1) is 5.52 Å². The van der Waals surface area contributed by atoms with Crippen molar-refractivity contribution in [2.45, 2.75) is 25.5 Å². The van der Waals surface area contributed by atoms with E-state index in [-0.39, 0.29) is 6.23 Å². The number of fused-ring (bicyclic) bond motifs is 1. The average molecular weight is 217 g/mol. The summed E-state index contributed by atoms with van der Waals surface area (Å²) in [5, 5.41) is 5.52. The Kier molecular flexibility index (Phi) is 2.29. The number of hydrogen-bond acceptors (Lipinski definition) is 3. The number of nitrogens with two attached hydrogens (primary N) is 1. The molecule has 2 heterocycles. The van der Waals surface area contributed by atoms with Gasteiger partial charge in [0.1, 0.15) is 6.23 Å². The summed E-state index contributed by atoms with van der Waals surface area (Å²) in [4.78, 5) is 0. The van der Waals surface area contributed by atoms with Crippen molar-refractivity contribution in [3.8, 4) is 0 Å². The van der Waals surface area contributed by atoms with Gasteiger partial charge in [-0.3, -0.25) is 0 Å². The predicted octanol–water partition coefficient (Wildman–Crippen LogP) is 2.32. The second-order valence-corrected chi connectivity index (χ2v) is 4.21. The van der Waals surface area contributed by atoms with Crippen LogP contribution in [0.4, 0.5) is 5.69 Å². The van der Waals surface area contributed by atoms with Gasteiger partial charge in [-0.15, -0.1) is 0 Å². The SMILES string of the molecule is Nc1cccc2nn(C3CCCCO3)cc12. The average Bonchev–Trinajstić information content (AvgIpc) is 2.76. The summed E-state index contributed by atoms with van der Waals surface area (Å²) in [6.45, 7) is 0.830. The van der Waals surface area contributed by atoms with Gasteiger partial charge in [0.15, 0.2) is 0 Å². The van der Waals surface area contributed by atoms with Gasteiger partial charge in [-0.05, 0) is 31.4 Å². The molecule has 4 nitrogen and oxygen atoms in total. The number of rotatable bonds is 1. The van der Waals surface area contributed by atoms with E-state index in [0.717, 1.165) is 36.0 Å². The summed E-state index contributed by atoms with van der Waals surface area (Å²) in [6, 6.07) is 5.80. The zero-order valence-corrected chi connectivity index (χ0v) is 9.10. The van der Waals surface area contributed by atoms with Gasteiger partial charge < -0.3 is 10.5 Å². The van der Waals surface area contributed by atoms with Crippen LogP contribution in [0.15, 0.2) is 24.4 Å². The molecule has 0 radical (unpaired) electrons. The van der Waals surface area contributed by atoms with E-state index in [1.165, 1.54) is 6.42 Å². The fourth-order valence-electron chi connectivity index (χ4n) is 2.16. The Morgan fingerprint density at radius 3 is 3.06 bits per heavy atom. The minimum atomic E-state index is 0.0838. The molecule has 16 heavy (non-hydrogen) atoms. The minimum Gasteiger partial charge on any atom is -0.398 e. The first-order chi connectivity index (χ1) is 7.84. The molecule has 2 N–H and O–H groups in total. The van der Waals surface area contributed by atoms with Crippen LogP contribution in [-0.2, 0) is 4.74 Å². The third-order valence-electron chi connectivity index (χ3n) is 3.05. The van der Waals surface area contributed by atoms with Crippen LogP contribution in [0.1, 0.15) is 25.5 Å². The quantitative estimate of drug-likeness (QED) is 0.746. The Morgan fingerprint density at radius 2 is 2.31 bits per heavy atom. The van der Waals surface area contributed by atoms with E-state index in [4.69, 9.17) is 10.5 Å². The first-order valence-electron chi connectivity index (χ1n) is 5.69. The summed E-state index contributed by atoms with van der Waals surface area (Å²) in [5.74, 6) is 0. The van der Waals surface area contributed by atoms with Crippen molar-refractivity contribution >= 4 is 16.6 Å². The summed E-state index contributed by atoms with van der Waals surface area (Å²) >= 11 is 0. The molecule has 1 saturated heterocycles. The van der Waals surface area contributed by atoms with E-state index in [1.807, 2.05) is 29.1 Å². The standard InChI is InChI=1S/C12H15N3O/c13-10-4-3-5-11-9(10)8-15(14-11)12-6-1-2-7-16-12/h3-5,8,12H,1-2,6-7,13H2. The van der Waals surface area contributed by atoms with Crippen molar-refractivity contribution in [3.05, 3.63) is 24.4 Å². The summed E-state index contributed by atoms with van der Waals surface area (Å²) in [5.41, 5.74) is 7.62.